The molecule has 2 saturated carbocycles. The van der Waals surface area contributed by atoms with Crippen molar-refractivity contribution in [3.63, 3.8) is 0 Å². The lowest BCUT2D eigenvalue weighted by atomic mass is 9.53. The summed E-state index contributed by atoms with van der Waals surface area (Å²) in [6.07, 6.45) is 11.1. The van der Waals surface area contributed by atoms with Crippen molar-refractivity contribution in [1.29, 1.82) is 5.26 Å². The summed E-state index contributed by atoms with van der Waals surface area (Å²) in [7, 11) is 0. The van der Waals surface area contributed by atoms with Gasteiger partial charge in [-0.3, -0.25) is 0 Å². The van der Waals surface area contributed by atoms with E-state index in [1.54, 1.807) is 0 Å². The molecule has 0 spiro atoms. The fourth-order valence-electron chi connectivity index (χ4n) is 2.58. The van der Waals surface area contributed by atoms with Gasteiger partial charge in [0.2, 0.25) is 0 Å². The first-order chi connectivity index (χ1) is 6.68. The van der Waals surface area contributed by atoms with Crippen LogP contribution >= 0.6 is 0 Å². The van der Waals surface area contributed by atoms with Crippen LogP contribution in [0, 0.1) is 35.0 Å². The standard InChI is InChI=1S/C12H15NO/c1-2-12(14,10-5-3-6-10)11(9-13)7-4-8-11/h1,10,14H,3-8H2/t12-/m0/s1. The highest BCUT2D eigenvalue weighted by molar-refractivity contribution is 5.28. The monoisotopic (exact) mass is 189 g/mol. The highest BCUT2D eigenvalue weighted by Gasteiger charge is 2.58. The van der Waals surface area contributed by atoms with Crippen molar-refractivity contribution in [2.24, 2.45) is 11.3 Å². The van der Waals surface area contributed by atoms with Crippen molar-refractivity contribution < 1.29 is 5.11 Å². The molecule has 2 nitrogen and oxygen atoms in total. The average Bonchev–Trinajstić information content (AvgIpc) is 1.99. The molecule has 74 valence electrons. The van der Waals surface area contributed by atoms with Gasteiger partial charge in [-0.15, -0.1) is 6.42 Å². The summed E-state index contributed by atoms with van der Waals surface area (Å²) in [6.45, 7) is 0. The Balaban J connectivity index is 2.27. The molecule has 0 aromatic carbocycles. The minimum Gasteiger partial charge on any atom is -0.376 e. The number of hydrogen-bond donors (Lipinski definition) is 1. The minimum absolute atomic E-state index is 0.160. The molecule has 2 fully saturated rings. The Bertz CT molecular complexity index is 314. The van der Waals surface area contributed by atoms with E-state index < -0.39 is 11.0 Å². The molecule has 0 amide bonds. The molecule has 0 aromatic heterocycles. The molecule has 2 heteroatoms. The molecule has 2 aliphatic rings. The molecule has 14 heavy (non-hydrogen) atoms. The zero-order chi connectivity index (χ0) is 10.2. The molecule has 2 rings (SSSR count). The van der Waals surface area contributed by atoms with E-state index >= 15 is 0 Å². The zero-order valence-corrected chi connectivity index (χ0v) is 8.29. The molecule has 0 heterocycles. The topological polar surface area (TPSA) is 44.0 Å². The van der Waals surface area contributed by atoms with Crippen molar-refractivity contribution in [2.75, 3.05) is 0 Å². The van der Waals surface area contributed by atoms with Crippen LogP contribution in [0.25, 0.3) is 0 Å². The summed E-state index contributed by atoms with van der Waals surface area (Å²) < 4.78 is 0. The maximum Gasteiger partial charge on any atom is 0.146 e. The normalized spacial score (nSPS) is 28.8. The molecule has 2 aliphatic carbocycles. The first kappa shape index (κ1) is 9.56. The first-order valence-electron chi connectivity index (χ1n) is 5.30. The van der Waals surface area contributed by atoms with Crippen LogP contribution in [0.2, 0.25) is 0 Å². The molecule has 0 unspecified atom stereocenters. The average molecular weight is 189 g/mol. The van der Waals surface area contributed by atoms with Crippen molar-refractivity contribution in [2.45, 2.75) is 44.1 Å². The number of nitrogens with zero attached hydrogens (tertiary/aromatic N) is 1. The van der Waals surface area contributed by atoms with Gasteiger partial charge in [0.15, 0.2) is 0 Å². The molecule has 1 N–H and O–H groups in total. The summed E-state index contributed by atoms with van der Waals surface area (Å²) in [6, 6.07) is 2.26. The molecule has 1 atom stereocenters. The third-order valence-electron chi connectivity index (χ3n) is 4.07. The lowest BCUT2D eigenvalue weighted by Gasteiger charge is -2.51. The van der Waals surface area contributed by atoms with E-state index in [9.17, 15) is 5.11 Å². The number of nitriles is 1. The van der Waals surface area contributed by atoms with Crippen molar-refractivity contribution >= 4 is 0 Å². The Morgan fingerprint density at radius 2 is 2.00 bits per heavy atom. The Morgan fingerprint density at radius 1 is 1.36 bits per heavy atom. The molecule has 0 aromatic rings. The number of rotatable bonds is 2. The van der Waals surface area contributed by atoms with E-state index in [0.29, 0.717) is 0 Å². The van der Waals surface area contributed by atoms with Gasteiger partial charge in [0.05, 0.1) is 11.5 Å². The fraction of sp³-hybridized carbons (Fsp3) is 0.750. The third-order valence-corrected chi connectivity index (χ3v) is 4.07. The van der Waals surface area contributed by atoms with Crippen LogP contribution < -0.4 is 0 Å². The second-order valence-corrected chi connectivity index (χ2v) is 4.59. The number of terminal acetylenes is 1. The van der Waals surface area contributed by atoms with Gasteiger partial charge in [-0.25, -0.2) is 0 Å². The van der Waals surface area contributed by atoms with E-state index in [4.69, 9.17) is 11.7 Å². The summed E-state index contributed by atoms with van der Waals surface area (Å²) >= 11 is 0. The predicted molar refractivity (Wildman–Crippen MR) is 53.0 cm³/mol. The van der Waals surface area contributed by atoms with E-state index in [2.05, 4.69) is 12.0 Å². The third kappa shape index (κ3) is 0.954. The molecule has 0 saturated heterocycles. The SMILES string of the molecule is C#C[C@](O)(C1CCC1)C1(C#N)CCC1. The maximum atomic E-state index is 10.5. The van der Waals surface area contributed by atoms with Gasteiger partial charge in [0, 0.05) is 5.92 Å². The molecule has 0 aliphatic heterocycles. The quantitative estimate of drug-likeness (QED) is 0.674. The summed E-state index contributed by atoms with van der Waals surface area (Å²) in [5, 5.41) is 19.6. The maximum absolute atomic E-state index is 10.5. The smallest absolute Gasteiger partial charge is 0.146 e. The minimum atomic E-state index is -1.15. The van der Waals surface area contributed by atoms with E-state index in [-0.39, 0.29) is 5.92 Å². The lowest BCUT2D eigenvalue weighted by Crippen LogP contribution is -2.57. The van der Waals surface area contributed by atoms with Crippen LogP contribution in [0.15, 0.2) is 0 Å². The van der Waals surface area contributed by atoms with Gasteiger partial charge >= 0.3 is 0 Å². The lowest BCUT2D eigenvalue weighted by molar-refractivity contribution is -0.110. The van der Waals surface area contributed by atoms with Gasteiger partial charge in [-0.2, -0.15) is 5.26 Å². The van der Waals surface area contributed by atoms with Gasteiger partial charge in [-0.05, 0) is 32.1 Å². The Hall–Kier alpha value is -0.990. The van der Waals surface area contributed by atoms with Gasteiger partial charge in [0.25, 0.3) is 0 Å². The van der Waals surface area contributed by atoms with Crippen molar-refractivity contribution in [3.8, 4) is 18.4 Å². The molecule has 0 bridgehead atoms. The van der Waals surface area contributed by atoms with E-state index in [0.717, 1.165) is 38.5 Å². The Kier molecular flexibility index (Phi) is 2.05. The van der Waals surface area contributed by atoms with Gasteiger partial charge in [0.1, 0.15) is 5.60 Å². The van der Waals surface area contributed by atoms with Crippen molar-refractivity contribution in [1.82, 2.24) is 0 Å². The zero-order valence-electron chi connectivity index (χ0n) is 8.29. The second-order valence-electron chi connectivity index (χ2n) is 4.59. The van der Waals surface area contributed by atoms with Crippen LogP contribution in [-0.2, 0) is 0 Å². The molecule has 0 radical (unpaired) electrons. The van der Waals surface area contributed by atoms with Crippen LogP contribution in [0.1, 0.15) is 38.5 Å². The van der Waals surface area contributed by atoms with Crippen LogP contribution in [0.3, 0.4) is 0 Å². The van der Waals surface area contributed by atoms with E-state index in [1.807, 2.05) is 0 Å². The number of aliphatic hydroxyl groups is 1. The second kappa shape index (κ2) is 3.01. The Morgan fingerprint density at radius 3 is 2.21 bits per heavy atom. The fourth-order valence-corrected chi connectivity index (χ4v) is 2.58. The first-order valence-corrected chi connectivity index (χ1v) is 5.30. The summed E-state index contributed by atoms with van der Waals surface area (Å²) in [5.74, 6) is 2.67. The van der Waals surface area contributed by atoms with Crippen LogP contribution in [-0.4, -0.2) is 10.7 Å². The van der Waals surface area contributed by atoms with E-state index in [1.165, 1.54) is 0 Å². The highest BCUT2D eigenvalue weighted by Crippen LogP contribution is 2.55. The molecular weight excluding hydrogens is 174 g/mol. The van der Waals surface area contributed by atoms with Crippen LogP contribution in [0.5, 0.6) is 0 Å². The summed E-state index contributed by atoms with van der Waals surface area (Å²) in [4.78, 5) is 0. The predicted octanol–water partition coefficient (Wildman–Crippen LogP) is 1.84. The largest absolute Gasteiger partial charge is 0.376 e. The molecular formula is C12H15NO. The Labute approximate surface area is 84.9 Å². The summed E-state index contributed by atoms with van der Waals surface area (Å²) in [5.41, 5.74) is -1.79. The number of hydrogen-bond acceptors (Lipinski definition) is 2. The van der Waals surface area contributed by atoms with Gasteiger partial charge < -0.3 is 5.11 Å². The highest BCUT2D eigenvalue weighted by atomic mass is 16.3. The van der Waals surface area contributed by atoms with Gasteiger partial charge in [-0.1, -0.05) is 12.3 Å². The van der Waals surface area contributed by atoms with Crippen molar-refractivity contribution in [3.05, 3.63) is 0 Å². The van der Waals surface area contributed by atoms with Crippen LogP contribution in [0.4, 0.5) is 0 Å².